The Kier molecular flexibility index (Phi) is 6.53. The number of nitrogens with zero attached hydrogens (tertiary/aromatic N) is 2. The molecule has 1 N–H and O–H groups in total. The second kappa shape index (κ2) is 9.27. The van der Waals surface area contributed by atoms with Gasteiger partial charge in [0.2, 0.25) is 0 Å². The summed E-state index contributed by atoms with van der Waals surface area (Å²) >= 11 is 0. The van der Waals surface area contributed by atoms with Crippen molar-refractivity contribution >= 4 is 28.2 Å². The van der Waals surface area contributed by atoms with E-state index in [1.807, 2.05) is 13.1 Å². The Morgan fingerprint density at radius 3 is 2.46 bits per heavy atom. The molecule has 28 heavy (non-hydrogen) atoms. The highest BCUT2D eigenvalue weighted by Crippen LogP contribution is 2.29. The van der Waals surface area contributed by atoms with Crippen molar-refractivity contribution in [2.24, 2.45) is 0 Å². The summed E-state index contributed by atoms with van der Waals surface area (Å²) < 4.78 is 0. The Hall–Kier alpha value is -3.01. The molecule has 3 aromatic carbocycles. The third kappa shape index (κ3) is 4.63. The molecular formula is C24H29N3O. The number of anilines is 2. The van der Waals surface area contributed by atoms with Gasteiger partial charge < -0.3 is 15.1 Å². The SMILES string of the molecule is CCCNC(=O)N(C)CCc1cccc2ccc(N(C)c3ccccc3)cc12. The van der Waals surface area contributed by atoms with Crippen molar-refractivity contribution < 1.29 is 4.79 Å². The molecule has 0 heterocycles. The van der Waals surface area contributed by atoms with Gasteiger partial charge in [-0.15, -0.1) is 0 Å². The van der Waals surface area contributed by atoms with Crippen LogP contribution in [0, 0.1) is 0 Å². The van der Waals surface area contributed by atoms with Crippen molar-refractivity contribution in [2.75, 3.05) is 32.1 Å². The van der Waals surface area contributed by atoms with E-state index < -0.39 is 0 Å². The molecule has 0 bridgehead atoms. The maximum atomic E-state index is 12.1. The minimum absolute atomic E-state index is 0.00779. The van der Waals surface area contributed by atoms with Gasteiger partial charge in [0.1, 0.15) is 0 Å². The minimum atomic E-state index is -0.00779. The first kappa shape index (κ1) is 19.7. The van der Waals surface area contributed by atoms with Gasteiger partial charge in [0.25, 0.3) is 0 Å². The minimum Gasteiger partial charge on any atom is -0.345 e. The highest BCUT2D eigenvalue weighted by molar-refractivity contribution is 5.89. The zero-order chi connectivity index (χ0) is 19.9. The van der Waals surface area contributed by atoms with Gasteiger partial charge in [-0.1, -0.05) is 49.4 Å². The molecule has 3 aromatic rings. The first-order chi connectivity index (χ1) is 13.6. The lowest BCUT2D eigenvalue weighted by Gasteiger charge is -2.21. The topological polar surface area (TPSA) is 35.6 Å². The summed E-state index contributed by atoms with van der Waals surface area (Å²) in [7, 11) is 3.94. The van der Waals surface area contributed by atoms with Crippen LogP contribution in [0.5, 0.6) is 0 Å². The van der Waals surface area contributed by atoms with Gasteiger partial charge in [-0.25, -0.2) is 4.79 Å². The summed E-state index contributed by atoms with van der Waals surface area (Å²) in [6.07, 6.45) is 1.77. The van der Waals surface area contributed by atoms with Crippen LogP contribution in [0.2, 0.25) is 0 Å². The first-order valence-electron chi connectivity index (χ1n) is 9.89. The van der Waals surface area contributed by atoms with Crippen molar-refractivity contribution in [3.8, 4) is 0 Å². The number of nitrogens with one attached hydrogen (secondary N) is 1. The number of hydrogen-bond acceptors (Lipinski definition) is 2. The van der Waals surface area contributed by atoms with Crippen LogP contribution >= 0.6 is 0 Å². The number of urea groups is 1. The standard InChI is InChI=1S/C24H29N3O/c1-4-16-25-24(28)26(2)17-15-20-10-8-9-19-13-14-22(18-23(19)20)27(3)21-11-6-5-7-12-21/h5-14,18H,4,15-17H2,1-3H3,(H,25,28). The number of carbonyl (C=O) groups excluding carboxylic acids is 1. The number of benzene rings is 3. The number of likely N-dealkylation sites (N-methyl/N-ethyl adjacent to an activating group) is 1. The summed E-state index contributed by atoms with van der Waals surface area (Å²) in [5.41, 5.74) is 3.57. The molecule has 0 aromatic heterocycles. The van der Waals surface area contributed by atoms with Crippen LogP contribution in [0.15, 0.2) is 66.7 Å². The van der Waals surface area contributed by atoms with Crippen LogP contribution in [-0.4, -0.2) is 38.1 Å². The molecule has 0 aliphatic heterocycles. The van der Waals surface area contributed by atoms with E-state index in [1.54, 1.807) is 4.90 Å². The van der Waals surface area contributed by atoms with Crippen molar-refractivity contribution in [3.63, 3.8) is 0 Å². The van der Waals surface area contributed by atoms with Crippen LogP contribution in [0.25, 0.3) is 10.8 Å². The smallest absolute Gasteiger partial charge is 0.317 e. The number of amides is 2. The number of rotatable bonds is 7. The molecular weight excluding hydrogens is 346 g/mol. The highest BCUT2D eigenvalue weighted by atomic mass is 16.2. The monoisotopic (exact) mass is 375 g/mol. The molecule has 0 aliphatic rings. The van der Waals surface area contributed by atoms with E-state index in [1.165, 1.54) is 16.3 Å². The summed E-state index contributed by atoms with van der Waals surface area (Å²) in [5, 5.41) is 5.39. The predicted octanol–water partition coefficient (Wildman–Crippen LogP) is 5.20. The van der Waals surface area contributed by atoms with Crippen LogP contribution in [-0.2, 0) is 6.42 Å². The van der Waals surface area contributed by atoms with Crippen molar-refractivity contribution in [2.45, 2.75) is 19.8 Å². The number of para-hydroxylation sites is 1. The van der Waals surface area contributed by atoms with Crippen molar-refractivity contribution in [3.05, 3.63) is 72.3 Å². The van der Waals surface area contributed by atoms with Crippen LogP contribution in [0.3, 0.4) is 0 Å². The van der Waals surface area contributed by atoms with Crippen molar-refractivity contribution in [1.82, 2.24) is 10.2 Å². The number of fused-ring (bicyclic) bond motifs is 1. The van der Waals surface area contributed by atoms with Crippen LogP contribution in [0.4, 0.5) is 16.2 Å². The molecule has 0 atom stereocenters. The maximum Gasteiger partial charge on any atom is 0.317 e. The highest BCUT2D eigenvalue weighted by Gasteiger charge is 2.10. The maximum absolute atomic E-state index is 12.1. The van der Waals surface area contributed by atoms with Gasteiger partial charge in [0.15, 0.2) is 0 Å². The summed E-state index contributed by atoms with van der Waals surface area (Å²) in [5.74, 6) is 0. The molecule has 0 spiro atoms. The Morgan fingerprint density at radius 1 is 0.929 bits per heavy atom. The van der Waals surface area contributed by atoms with E-state index in [0.29, 0.717) is 13.1 Å². The van der Waals surface area contributed by atoms with Gasteiger partial charge in [0.05, 0.1) is 0 Å². The average molecular weight is 376 g/mol. The predicted molar refractivity (Wildman–Crippen MR) is 118 cm³/mol. The zero-order valence-corrected chi connectivity index (χ0v) is 17.0. The molecule has 0 unspecified atom stereocenters. The molecule has 4 nitrogen and oxygen atoms in total. The third-order valence-corrected chi connectivity index (χ3v) is 5.08. The molecule has 0 saturated carbocycles. The molecule has 146 valence electrons. The second-order valence-electron chi connectivity index (χ2n) is 7.12. The lowest BCUT2D eigenvalue weighted by molar-refractivity contribution is 0.209. The Balaban J connectivity index is 1.80. The Labute approximate surface area is 167 Å². The van der Waals surface area contributed by atoms with E-state index in [2.05, 4.69) is 84.9 Å². The van der Waals surface area contributed by atoms with Crippen molar-refractivity contribution in [1.29, 1.82) is 0 Å². The van der Waals surface area contributed by atoms with Gasteiger partial charge in [0, 0.05) is 38.6 Å². The summed E-state index contributed by atoms with van der Waals surface area (Å²) in [6, 6.07) is 23.3. The molecule has 0 fully saturated rings. The lowest BCUT2D eigenvalue weighted by Crippen LogP contribution is -2.38. The molecule has 0 aliphatic carbocycles. The van der Waals surface area contributed by atoms with E-state index in [-0.39, 0.29) is 6.03 Å². The normalized spacial score (nSPS) is 10.7. The molecule has 0 saturated heterocycles. The summed E-state index contributed by atoms with van der Waals surface area (Å²) in [4.78, 5) is 16.0. The summed E-state index contributed by atoms with van der Waals surface area (Å²) in [6.45, 7) is 3.46. The third-order valence-electron chi connectivity index (χ3n) is 5.08. The van der Waals surface area contributed by atoms with E-state index in [4.69, 9.17) is 0 Å². The van der Waals surface area contributed by atoms with Gasteiger partial charge in [-0.3, -0.25) is 0 Å². The number of hydrogen-bond donors (Lipinski definition) is 1. The second-order valence-corrected chi connectivity index (χ2v) is 7.12. The molecule has 4 heteroatoms. The Bertz CT molecular complexity index is 924. The molecule has 0 radical (unpaired) electrons. The quantitative estimate of drug-likeness (QED) is 0.616. The van der Waals surface area contributed by atoms with Gasteiger partial charge >= 0.3 is 6.03 Å². The average Bonchev–Trinajstić information content (AvgIpc) is 2.75. The van der Waals surface area contributed by atoms with E-state index in [0.717, 1.165) is 24.2 Å². The van der Waals surface area contributed by atoms with Crippen LogP contribution < -0.4 is 10.2 Å². The van der Waals surface area contributed by atoms with Crippen LogP contribution in [0.1, 0.15) is 18.9 Å². The van der Waals surface area contributed by atoms with E-state index >= 15 is 0 Å². The van der Waals surface area contributed by atoms with Gasteiger partial charge in [-0.05, 0) is 53.4 Å². The fourth-order valence-corrected chi connectivity index (χ4v) is 3.31. The lowest BCUT2D eigenvalue weighted by atomic mass is 10.0. The largest absolute Gasteiger partial charge is 0.345 e. The zero-order valence-electron chi connectivity index (χ0n) is 17.0. The Morgan fingerprint density at radius 2 is 1.71 bits per heavy atom. The fourth-order valence-electron chi connectivity index (χ4n) is 3.31. The van der Waals surface area contributed by atoms with Gasteiger partial charge in [-0.2, -0.15) is 0 Å². The molecule has 2 amide bonds. The van der Waals surface area contributed by atoms with E-state index in [9.17, 15) is 4.79 Å². The fraction of sp³-hybridized carbons (Fsp3) is 0.292. The number of carbonyl (C=O) groups is 1. The molecule has 3 rings (SSSR count). The first-order valence-corrected chi connectivity index (χ1v) is 9.89.